The molecule has 0 saturated carbocycles. The van der Waals surface area contributed by atoms with Gasteiger partial charge in [0.25, 0.3) is 0 Å². The molecule has 0 bridgehead atoms. The first-order valence-corrected chi connectivity index (χ1v) is 5.71. The summed E-state index contributed by atoms with van der Waals surface area (Å²) >= 11 is 0. The van der Waals surface area contributed by atoms with E-state index in [1.165, 1.54) is 42.5 Å². The van der Waals surface area contributed by atoms with Gasteiger partial charge in [-0.05, 0) is 30.3 Å². The van der Waals surface area contributed by atoms with E-state index in [1.54, 1.807) is 0 Å². The number of aromatic carboxylic acids is 1. The highest BCUT2D eigenvalue weighted by atomic mass is 19.4. The number of carboxylic acids is 1. The van der Waals surface area contributed by atoms with Crippen LogP contribution in [0.5, 0.6) is 17.2 Å². The van der Waals surface area contributed by atoms with Crippen LogP contribution in [0.15, 0.2) is 48.5 Å². The van der Waals surface area contributed by atoms with E-state index in [0.29, 0.717) is 0 Å². The fourth-order valence-electron chi connectivity index (χ4n) is 1.56. The van der Waals surface area contributed by atoms with Crippen LogP contribution in [-0.4, -0.2) is 17.4 Å². The van der Waals surface area contributed by atoms with Gasteiger partial charge in [0.2, 0.25) is 0 Å². The van der Waals surface area contributed by atoms with Gasteiger partial charge < -0.3 is 14.6 Å². The number of alkyl halides is 3. The summed E-state index contributed by atoms with van der Waals surface area (Å²) in [6.45, 7) is 0. The lowest BCUT2D eigenvalue weighted by Crippen LogP contribution is -2.17. The van der Waals surface area contributed by atoms with E-state index in [9.17, 15) is 18.0 Å². The van der Waals surface area contributed by atoms with Crippen LogP contribution in [0.3, 0.4) is 0 Å². The predicted molar refractivity (Wildman–Crippen MR) is 66.6 cm³/mol. The Balaban J connectivity index is 2.27. The summed E-state index contributed by atoms with van der Waals surface area (Å²) < 4.78 is 45.9. The highest BCUT2D eigenvalue weighted by Gasteiger charge is 2.32. The smallest absolute Gasteiger partial charge is 0.478 e. The zero-order valence-electron chi connectivity index (χ0n) is 10.4. The molecule has 7 heteroatoms. The molecule has 1 N–H and O–H groups in total. The third-order valence-electron chi connectivity index (χ3n) is 2.38. The summed E-state index contributed by atoms with van der Waals surface area (Å²) in [4.78, 5) is 10.8. The molecular formula is C14H9F3O4. The molecule has 0 spiro atoms. The molecule has 0 aliphatic carbocycles. The average molecular weight is 298 g/mol. The van der Waals surface area contributed by atoms with Gasteiger partial charge in [0, 0.05) is 0 Å². The van der Waals surface area contributed by atoms with Crippen molar-refractivity contribution < 1.29 is 32.5 Å². The van der Waals surface area contributed by atoms with Crippen molar-refractivity contribution in [3.05, 3.63) is 54.1 Å². The number of carbonyl (C=O) groups is 1. The molecule has 0 radical (unpaired) electrons. The van der Waals surface area contributed by atoms with Gasteiger partial charge in [-0.25, -0.2) is 4.79 Å². The van der Waals surface area contributed by atoms with Gasteiger partial charge in [-0.2, -0.15) is 0 Å². The molecule has 0 atom stereocenters. The van der Waals surface area contributed by atoms with Crippen molar-refractivity contribution in [2.24, 2.45) is 0 Å². The van der Waals surface area contributed by atoms with Crippen molar-refractivity contribution in [2.75, 3.05) is 0 Å². The molecule has 2 aromatic carbocycles. The summed E-state index contributed by atoms with van der Waals surface area (Å²) in [5, 5.41) is 8.85. The lowest BCUT2D eigenvalue weighted by Gasteiger charge is -2.13. The third kappa shape index (κ3) is 4.13. The number of rotatable bonds is 4. The summed E-state index contributed by atoms with van der Waals surface area (Å²) in [6, 6.07) is 10.6. The molecule has 110 valence electrons. The highest BCUT2D eigenvalue weighted by Crippen LogP contribution is 2.34. The molecule has 0 fully saturated rings. The van der Waals surface area contributed by atoms with Gasteiger partial charge >= 0.3 is 12.3 Å². The second-order valence-corrected chi connectivity index (χ2v) is 3.93. The van der Waals surface area contributed by atoms with Crippen LogP contribution < -0.4 is 9.47 Å². The van der Waals surface area contributed by atoms with Crippen LogP contribution in [0.25, 0.3) is 0 Å². The third-order valence-corrected chi connectivity index (χ3v) is 2.38. The maximum atomic E-state index is 12.3. The number of halogens is 3. The Hall–Kier alpha value is -2.70. The van der Waals surface area contributed by atoms with Crippen LogP contribution in [0.2, 0.25) is 0 Å². The van der Waals surface area contributed by atoms with E-state index in [4.69, 9.17) is 9.84 Å². The van der Waals surface area contributed by atoms with Crippen LogP contribution in [0.1, 0.15) is 10.4 Å². The SMILES string of the molecule is O=C(O)c1cccc(Oc2ccccc2OC(F)(F)F)c1. The standard InChI is InChI=1S/C14H9F3O4/c15-14(16,17)21-12-7-2-1-6-11(12)20-10-5-3-4-9(8-10)13(18)19/h1-8H,(H,18,19). The topological polar surface area (TPSA) is 55.8 Å². The molecule has 0 heterocycles. The molecule has 4 nitrogen and oxygen atoms in total. The maximum absolute atomic E-state index is 12.3. The first-order chi connectivity index (χ1) is 9.85. The van der Waals surface area contributed by atoms with E-state index >= 15 is 0 Å². The van der Waals surface area contributed by atoms with E-state index in [0.717, 1.165) is 6.07 Å². The Morgan fingerprint density at radius 1 is 1.00 bits per heavy atom. The number of benzene rings is 2. The molecule has 2 aromatic rings. The highest BCUT2D eigenvalue weighted by molar-refractivity contribution is 5.88. The fraction of sp³-hybridized carbons (Fsp3) is 0.0714. The summed E-state index contributed by atoms with van der Waals surface area (Å²) in [5.41, 5.74) is -0.0401. The lowest BCUT2D eigenvalue weighted by molar-refractivity contribution is -0.275. The van der Waals surface area contributed by atoms with Gasteiger partial charge in [0.1, 0.15) is 5.75 Å². The van der Waals surface area contributed by atoms with Crippen molar-refractivity contribution in [3.8, 4) is 17.2 Å². The second kappa shape index (κ2) is 5.74. The summed E-state index contributed by atoms with van der Waals surface area (Å²) in [6.07, 6.45) is -4.84. The van der Waals surface area contributed by atoms with Crippen LogP contribution >= 0.6 is 0 Å². The monoisotopic (exact) mass is 298 g/mol. The Morgan fingerprint density at radius 3 is 2.29 bits per heavy atom. The minimum atomic E-state index is -4.84. The molecule has 21 heavy (non-hydrogen) atoms. The van der Waals surface area contributed by atoms with Crippen molar-refractivity contribution in [3.63, 3.8) is 0 Å². The maximum Gasteiger partial charge on any atom is 0.573 e. The lowest BCUT2D eigenvalue weighted by atomic mass is 10.2. The molecule has 0 aliphatic heterocycles. The molecule has 2 rings (SSSR count). The first-order valence-electron chi connectivity index (χ1n) is 5.71. The normalized spacial score (nSPS) is 11.0. The first kappa shape index (κ1) is 14.7. The Morgan fingerprint density at radius 2 is 1.67 bits per heavy atom. The zero-order chi connectivity index (χ0) is 15.5. The van der Waals surface area contributed by atoms with Crippen LogP contribution in [0, 0.1) is 0 Å². The number of para-hydroxylation sites is 2. The molecule has 0 aliphatic rings. The van der Waals surface area contributed by atoms with Gasteiger partial charge in [0.05, 0.1) is 5.56 Å². The van der Waals surface area contributed by atoms with E-state index < -0.39 is 18.1 Å². The molecule has 0 unspecified atom stereocenters. The van der Waals surface area contributed by atoms with E-state index in [2.05, 4.69) is 4.74 Å². The number of hydrogen-bond donors (Lipinski definition) is 1. The molecular weight excluding hydrogens is 289 g/mol. The minimum absolute atomic E-state index is 0.0401. The largest absolute Gasteiger partial charge is 0.573 e. The fourth-order valence-corrected chi connectivity index (χ4v) is 1.56. The molecule has 0 saturated heterocycles. The van der Waals surface area contributed by atoms with E-state index in [-0.39, 0.29) is 17.1 Å². The number of ether oxygens (including phenoxy) is 2. The van der Waals surface area contributed by atoms with Gasteiger partial charge in [0.15, 0.2) is 11.5 Å². The Bertz CT molecular complexity index is 653. The second-order valence-electron chi connectivity index (χ2n) is 3.93. The van der Waals surface area contributed by atoms with Crippen molar-refractivity contribution >= 4 is 5.97 Å². The summed E-state index contributed by atoms with van der Waals surface area (Å²) in [7, 11) is 0. The summed E-state index contributed by atoms with van der Waals surface area (Å²) in [5.74, 6) is -1.75. The van der Waals surface area contributed by atoms with Crippen LogP contribution in [0.4, 0.5) is 13.2 Å². The van der Waals surface area contributed by atoms with Gasteiger partial charge in [-0.15, -0.1) is 13.2 Å². The Labute approximate surface area is 117 Å². The van der Waals surface area contributed by atoms with Gasteiger partial charge in [-0.3, -0.25) is 0 Å². The zero-order valence-corrected chi connectivity index (χ0v) is 10.4. The molecule has 0 aromatic heterocycles. The number of carboxylic acid groups (broad SMARTS) is 1. The molecule has 0 amide bonds. The minimum Gasteiger partial charge on any atom is -0.478 e. The predicted octanol–water partition coefficient (Wildman–Crippen LogP) is 4.08. The van der Waals surface area contributed by atoms with Crippen molar-refractivity contribution in [2.45, 2.75) is 6.36 Å². The Kier molecular flexibility index (Phi) is 4.02. The van der Waals surface area contributed by atoms with Crippen molar-refractivity contribution in [1.82, 2.24) is 0 Å². The van der Waals surface area contributed by atoms with Crippen molar-refractivity contribution in [1.29, 1.82) is 0 Å². The number of hydrogen-bond acceptors (Lipinski definition) is 3. The van der Waals surface area contributed by atoms with Crippen LogP contribution in [-0.2, 0) is 0 Å². The van der Waals surface area contributed by atoms with Gasteiger partial charge in [-0.1, -0.05) is 18.2 Å². The average Bonchev–Trinajstić information content (AvgIpc) is 2.40. The van der Waals surface area contributed by atoms with E-state index in [1.807, 2.05) is 0 Å². The quantitative estimate of drug-likeness (QED) is 0.924.